The van der Waals surface area contributed by atoms with Gasteiger partial charge in [0.15, 0.2) is 5.82 Å². The van der Waals surface area contributed by atoms with E-state index < -0.39 is 0 Å². The van der Waals surface area contributed by atoms with Crippen LogP contribution < -0.4 is 0 Å². The molecule has 9 rings (SSSR count). The van der Waals surface area contributed by atoms with E-state index in [1.165, 1.54) is 32.8 Å². The van der Waals surface area contributed by atoms with Gasteiger partial charge in [0, 0.05) is 27.6 Å². The lowest BCUT2D eigenvalue weighted by Gasteiger charge is -2.15. The Morgan fingerprint density at radius 1 is 0.412 bits per heavy atom. The van der Waals surface area contributed by atoms with Crippen molar-refractivity contribution >= 4 is 21.7 Å². The molecule has 7 aromatic carbocycles. The van der Waals surface area contributed by atoms with Gasteiger partial charge in [-0.05, 0) is 64.1 Å². The Bertz CT molecular complexity index is 2620. The van der Waals surface area contributed by atoms with Crippen molar-refractivity contribution in [2.24, 2.45) is 0 Å². The molecule has 2 aromatic heterocycles. The monoisotopic (exact) mass is 654 g/mol. The zero-order valence-corrected chi connectivity index (χ0v) is 28.5. The molecule has 51 heavy (non-hydrogen) atoms. The summed E-state index contributed by atoms with van der Waals surface area (Å²) in [6.45, 7) is 4.16. The lowest BCUT2D eigenvalue weighted by atomic mass is 9.89. The Hall–Kier alpha value is -6.58. The molecular weight excluding hydrogens is 621 g/mol. The smallest absolute Gasteiger partial charge is 0.160 e. The molecule has 0 amide bonds. The van der Waals surface area contributed by atoms with Crippen molar-refractivity contribution < 1.29 is 4.42 Å². The number of hydrogen-bond acceptors (Lipinski definition) is 3. The first kappa shape index (κ1) is 30.5. The van der Waals surface area contributed by atoms with Crippen LogP contribution in [-0.4, -0.2) is 9.97 Å². The van der Waals surface area contributed by atoms with E-state index in [9.17, 15) is 0 Å². The maximum Gasteiger partial charge on any atom is 0.160 e. The normalized spacial score (nSPS) is 11.3. The van der Waals surface area contributed by atoms with Crippen LogP contribution in [0.1, 0.15) is 11.3 Å². The highest BCUT2D eigenvalue weighted by molar-refractivity contribution is 6.04. The average Bonchev–Trinajstić information content (AvgIpc) is 3.50. The van der Waals surface area contributed by atoms with Crippen molar-refractivity contribution in [1.29, 1.82) is 0 Å². The third-order valence-corrected chi connectivity index (χ3v) is 9.94. The molecule has 0 aliphatic rings. The van der Waals surface area contributed by atoms with Gasteiger partial charge in [-0.25, -0.2) is 9.97 Å². The number of benzene rings is 7. The van der Waals surface area contributed by atoms with Crippen molar-refractivity contribution in [1.82, 2.24) is 9.97 Å². The molecule has 0 saturated heterocycles. The van der Waals surface area contributed by atoms with E-state index in [-0.39, 0.29) is 0 Å². The molecular formula is C48H34N2O. The SMILES string of the molecule is Cc1oc2c(-c3ccc(-c4ccc5ccccc5c4-c4ccc(-c5nc(-c6ccccc6)cc(-c6ccccc6)n5)cc4)cc3)cccc2c1C. The van der Waals surface area contributed by atoms with Crippen LogP contribution in [0.3, 0.4) is 0 Å². The second-order valence-electron chi connectivity index (χ2n) is 13.0. The van der Waals surface area contributed by atoms with E-state index in [1.807, 2.05) is 43.3 Å². The highest BCUT2D eigenvalue weighted by atomic mass is 16.3. The molecule has 242 valence electrons. The summed E-state index contributed by atoms with van der Waals surface area (Å²) in [5, 5.41) is 3.59. The number of furan rings is 1. The number of aryl methyl sites for hydroxylation is 2. The number of rotatable bonds is 6. The van der Waals surface area contributed by atoms with Gasteiger partial charge in [-0.2, -0.15) is 0 Å². The number of fused-ring (bicyclic) bond motifs is 2. The standard InChI is InChI=1S/C48H34N2O/c1-31-32(2)51-47-40(31)18-11-19-43(47)35-22-20-34(21-23-35)42-29-28-33-12-9-10-17-41(33)46(42)38-24-26-39(27-25-38)48-49-44(36-13-5-3-6-14-36)30-45(50-48)37-15-7-4-8-16-37/h3-30H,1-2H3. The third-order valence-electron chi connectivity index (χ3n) is 9.94. The summed E-state index contributed by atoms with van der Waals surface area (Å²) in [4.78, 5) is 10.1. The second-order valence-corrected chi connectivity index (χ2v) is 13.0. The van der Waals surface area contributed by atoms with Crippen LogP contribution >= 0.6 is 0 Å². The first-order valence-corrected chi connectivity index (χ1v) is 17.3. The Balaban J connectivity index is 1.13. The lowest BCUT2D eigenvalue weighted by Crippen LogP contribution is -1.96. The van der Waals surface area contributed by atoms with Crippen molar-refractivity contribution in [2.45, 2.75) is 13.8 Å². The summed E-state index contributed by atoms with van der Waals surface area (Å²) in [6, 6.07) is 59.8. The molecule has 3 nitrogen and oxygen atoms in total. The lowest BCUT2D eigenvalue weighted by molar-refractivity contribution is 0.576. The number of hydrogen-bond donors (Lipinski definition) is 0. The van der Waals surface area contributed by atoms with Crippen molar-refractivity contribution in [3.8, 4) is 67.3 Å². The largest absolute Gasteiger partial charge is 0.460 e. The fourth-order valence-electron chi connectivity index (χ4n) is 7.12. The van der Waals surface area contributed by atoms with Crippen LogP contribution in [-0.2, 0) is 0 Å². The molecule has 0 N–H and O–H groups in total. The van der Waals surface area contributed by atoms with Crippen LogP contribution in [0.2, 0.25) is 0 Å². The van der Waals surface area contributed by atoms with Gasteiger partial charge in [-0.15, -0.1) is 0 Å². The molecule has 0 radical (unpaired) electrons. The maximum absolute atomic E-state index is 6.21. The Morgan fingerprint density at radius 2 is 0.961 bits per heavy atom. The van der Waals surface area contributed by atoms with Gasteiger partial charge in [0.1, 0.15) is 11.3 Å². The minimum absolute atomic E-state index is 0.701. The summed E-state index contributed by atoms with van der Waals surface area (Å²) in [5.41, 5.74) is 14.0. The van der Waals surface area contributed by atoms with E-state index in [0.29, 0.717) is 5.82 Å². The molecule has 9 aromatic rings. The predicted molar refractivity (Wildman–Crippen MR) is 211 cm³/mol. The van der Waals surface area contributed by atoms with Crippen molar-refractivity contribution in [3.05, 3.63) is 181 Å². The summed E-state index contributed by atoms with van der Waals surface area (Å²) in [5.74, 6) is 1.67. The van der Waals surface area contributed by atoms with Gasteiger partial charge in [0.25, 0.3) is 0 Å². The van der Waals surface area contributed by atoms with E-state index in [2.05, 4.69) is 140 Å². The van der Waals surface area contributed by atoms with Gasteiger partial charge < -0.3 is 4.42 Å². The number of aromatic nitrogens is 2. The van der Waals surface area contributed by atoms with E-state index in [1.54, 1.807) is 0 Å². The van der Waals surface area contributed by atoms with Gasteiger partial charge in [-0.3, -0.25) is 0 Å². The van der Waals surface area contributed by atoms with Crippen molar-refractivity contribution in [3.63, 3.8) is 0 Å². The molecule has 2 heterocycles. The van der Waals surface area contributed by atoms with Crippen LogP contribution in [0.15, 0.2) is 174 Å². The topological polar surface area (TPSA) is 38.9 Å². The quantitative estimate of drug-likeness (QED) is 0.179. The third kappa shape index (κ3) is 5.59. The molecule has 0 saturated carbocycles. The summed E-state index contributed by atoms with van der Waals surface area (Å²) in [7, 11) is 0. The van der Waals surface area contributed by atoms with Crippen LogP contribution in [0.25, 0.3) is 89.0 Å². The van der Waals surface area contributed by atoms with E-state index >= 15 is 0 Å². The fourth-order valence-corrected chi connectivity index (χ4v) is 7.12. The fraction of sp³-hybridized carbons (Fsp3) is 0.0417. The van der Waals surface area contributed by atoms with Crippen LogP contribution in [0.4, 0.5) is 0 Å². The van der Waals surface area contributed by atoms with Crippen LogP contribution in [0.5, 0.6) is 0 Å². The summed E-state index contributed by atoms with van der Waals surface area (Å²) in [6.07, 6.45) is 0. The van der Waals surface area contributed by atoms with Gasteiger partial charge in [-0.1, -0.05) is 164 Å². The number of nitrogens with zero attached hydrogens (tertiary/aromatic N) is 2. The van der Waals surface area contributed by atoms with Crippen LogP contribution in [0, 0.1) is 13.8 Å². The molecule has 0 aliphatic carbocycles. The predicted octanol–water partition coefficient (Wildman–Crippen LogP) is 13.0. The Kier molecular flexibility index (Phi) is 7.59. The molecule has 3 heteroatoms. The molecule has 0 bridgehead atoms. The molecule has 0 fully saturated rings. The second kappa shape index (κ2) is 12.7. The van der Waals surface area contributed by atoms with Gasteiger partial charge in [0.05, 0.1) is 11.4 Å². The molecule has 0 aliphatic heterocycles. The van der Waals surface area contributed by atoms with E-state index in [4.69, 9.17) is 14.4 Å². The summed E-state index contributed by atoms with van der Waals surface area (Å²) >= 11 is 0. The highest BCUT2D eigenvalue weighted by Crippen LogP contribution is 2.40. The number of para-hydroxylation sites is 1. The Morgan fingerprint density at radius 3 is 1.63 bits per heavy atom. The molecule has 0 spiro atoms. The van der Waals surface area contributed by atoms with Crippen molar-refractivity contribution in [2.75, 3.05) is 0 Å². The average molecular weight is 655 g/mol. The zero-order chi connectivity index (χ0) is 34.3. The first-order valence-electron chi connectivity index (χ1n) is 17.3. The summed E-state index contributed by atoms with van der Waals surface area (Å²) < 4.78 is 6.21. The minimum Gasteiger partial charge on any atom is -0.460 e. The van der Waals surface area contributed by atoms with E-state index in [0.717, 1.165) is 61.7 Å². The van der Waals surface area contributed by atoms with Gasteiger partial charge in [0.2, 0.25) is 0 Å². The highest BCUT2D eigenvalue weighted by Gasteiger charge is 2.16. The minimum atomic E-state index is 0.701. The maximum atomic E-state index is 6.21. The molecule has 0 atom stereocenters. The Labute approximate surface area is 297 Å². The zero-order valence-electron chi connectivity index (χ0n) is 28.5. The molecule has 0 unspecified atom stereocenters. The first-order chi connectivity index (χ1) is 25.1. The van der Waals surface area contributed by atoms with Gasteiger partial charge >= 0.3 is 0 Å².